The molecule has 1 aliphatic carbocycles. The minimum atomic E-state index is 0.257. The Balaban J connectivity index is 1.73. The Bertz CT molecular complexity index is 423. The van der Waals surface area contributed by atoms with Crippen LogP contribution in [0.1, 0.15) is 50.4 Å². The zero-order valence-corrected chi connectivity index (χ0v) is 12.4. The van der Waals surface area contributed by atoms with Crippen LogP contribution >= 0.6 is 0 Å². The molecule has 1 aliphatic heterocycles. The van der Waals surface area contributed by atoms with Gasteiger partial charge in [-0.25, -0.2) is 4.98 Å². The van der Waals surface area contributed by atoms with E-state index in [9.17, 15) is 0 Å². The smallest absolute Gasteiger partial charge is 0.0951 e. The standard InChI is InChI=1S/C15H26N4O/c1-2-18(10-13-4-3-7-20-13)14(8-16)15-9-17-11-19(15)12-5-6-12/h9,11-14H,2-8,10,16H2,1H3. The van der Waals surface area contributed by atoms with E-state index in [1.807, 2.05) is 12.5 Å². The summed E-state index contributed by atoms with van der Waals surface area (Å²) in [6.07, 6.45) is 9.26. The van der Waals surface area contributed by atoms with Crippen molar-refractivity contribution in [1.82, 2.24) is 14.5 Å². The number of nitrogens with two attached hydrogens (primary N) is 1. The highest BCUT2D eigenvalue weighted by molar-refractivity contribution is 5.10. The Kier molecular flexibility index (Phi) is 4.38. The Morgan fingerprint density at radius 1 is 1.50 bits per heavy atom. The Labute approximate surface area is 121 Å². The molecule has 2 aliphatic rings. The molecular formula is C15H26N4O. The summed E-state index contributed by atoms with van der Waals surface area (Å²) in [4.78, 5) is 6.80. The number of aromatic nitrogens is 2. The molecule has 2 unspecified atom stereocenters. The Morgan fingerprint density at radius 3 is 2.95 bits per heavy atom. The molecule has 5 nitrogen and oxygen atoms in total. The van der Waals surface area contributed by atoms with Gasteiger partial charge in [0.25, 0.3) is 0 Å². The molecule has 1 aromatic heterocycles. The van der Waals surface area contributed by atoms with Gasteiger partial charge in [-0.2, -0.15) is 0 Å². The normalized spacial score (nSPS) is 24.4. The molecule has 2 atom stereocenters. The average molecular weight is 278 g/mol. The summed E-state index contributed by atoms with van der Waals surface area (Å²) in [5.41, 5.74) is 7.35. The van der Waals surface area contributed by atoms with Gasteiger partial charge in [0.05, 0.1) is 24.2 Å². The van der Waals surface area contributed by atoms with Gasteiger partial charge in [-0.15, -0.1) is 0 Å². The lowest BCUT2D eigenvalue weighted by Crippen LogP contribution is -2.39. The zero-order chi connectivity index (χ0) is 13.9. The summed E-state index contributed by atoms with van der Waals surface area (Å²) in [5.74, 6) is 0. The van der Waals surface area contributed by atoms with E-state index in [4.69, 9.17) is 10.5 Å². The molecule has 1 aromatic rings. The summed E-state index contributed by atoms with van der Waals surface area (Å²) < 4.78 is 8.11. The Hall–Kier alpha value is -0.910. The molecule has 2 heterocycles. The van der Waals surface area contributed by atoms with Gasteiger partial charge in [0.15, 0.2) is 0 Å². The minimum Gasteiger partial charge on any atom is -0.377 e. The van der Waals surface area contributed by atoms with Gasteiger partial charge in [-0.05, 0) is 32.2 Å². The van der Waals surface area contributed by atoms with Crippen LogP contribution in [0.2, 0.25) is 0 Å². The van der Waals surface area contributed by atoms with Crippen LogP contribution in [0.3, 0.4) is 0 Å². The number of ether oxygens (including phenoxy) is 1. The fraction of sp³-hybridized carbons (Fsp3) is 0.800. The summed E-state index contributed by atoms with van der Waals surface area (Å²) in [6.45, 7) is 5.73. The fourth-order valence-electron chi connectivity index (χ4n) is 3.21. The molecule has 0 aromatic carbocycles. The quantitative estimate of drug-likeness (QED) is 0.825. The van der Waals surface area contributed by atoms with Crippen LogP contribution < -0.4 is 5.73 Å². The van der Waals surface area contributed by atoms with Gasteiger partial charge in [0.1, 0.15) is 0 Å². The van der Waals surface area contributed by atoms with Gasteiger partial charge in [0, 0.05) is 31.9 Å². The first kappa shape index (κ1) is 14.0. The zero-order valence-electron chi connectivity index (χ0n) is 12.4. The molecule has 0 amide bonds. The molecule has 0 radical (unpaired) electrons. The fourth-order valence-corrected chi connectivity index (χ4v) is 3.21. The second kappa shape index (κ2) is 6.24. The third-order valence-corrected chi connectivity index (χ3v) is 4.51. The lowest BCUT2D eigenvalue weighted by Gasteiger charge is -2.32. The lowest BCUT2D eigenvalue weighted by atomic mass is 10.1. The molecule has 5 heteroatoms. The van der Waals surface area contributed by atoms with Crippen molar-refractivity contribution in [1.29, 1.82) is 0 Å². The molecule has 2 N–H and O–H groups in total. The van der Waals surface area contributed by atoms with Crippen molar-refractivity contribution in [3.63, 3.8) is 0 Å². The minimum absolute atomic E-state index is 0.257. The largest absolute Gasteiger partial charge is 0.377 e. The number of nitrogens with zero attached hydrogens (tertiary/aromatic N) is 3. The molecule has 0 spiro atoms. The molecule has 2 fully saturated rings. The van der Waals surface area contributed by atoms with Crippen molar-refractivity contribution >= 4 is 0 Å². The maximum Gasteiger partial charge on any atom is 0.0951 e. The maximum absolute atomic E-state index is 6.08. The van der Waals surface area contributed by atoms with Gasteiger partial charge in [-0.3, -0.25) is 4.90 Å². The SMILES string of the molecule is CCN(CC1CCCO1)C(CN)c1cncn1C1CC1. The molecule has 20 heavy (non-hydrogen) atoms. The van der Waals surface area contributed by atoms with E-state index in [1.54, 1.807) is 0 Å². The van der Waals surface area contributed by atoms with Crippen molar-refractivity contribution in [2.45, 2.75) is 50.8 Å². The molecule has 1 saturated heterocycles. The highest BCUT2D eigenvalue weighted by atomic mass is 16.5. The first-order valence-electron chi connectivity index (χ1n) is 7.91. The molecule has 3 rings (SSSR count). The molecular weight excluding hydrogens is 252 g/mol. The summed E-state index contributed by atoms with van der Waals surface area (Å²) >= 11 is 0. The number of likely N-dealkylation sites (N-methyl/N-ethyl adjacent to an activating group) is 1. The number of hydrogen-bond donors (Lipinski definition) is 1. The van der Waals surface area contributed by atoms with Crippen LogP contribution in [0.15, 0.2) is 12.5 Å². The second-order valence-corrected chi connectivity index (χ2v) is 5.93. The first-order chi connectivity index (χ1) is 9.83. The van der Waals surface area contributed by atoms with E-state index in [0.717, 1.165) is 19.7 Å². The van der Waals surface area contributed by atoms with E-state index in [-0.39, 0.29) is 6.04 Å². The van der Waals surface area contributed by atoms with E-state index in [1.165, 1.54) is 31.4 Å². The van der Waals surface area contributed by atoms with Gasteiger partial charge in [-0.1, -0.05) is 6.92 Å². The number of imidazole rings is 1. The number of rotatable bonds is 7. The van der Waals surface area contributed by atoms with Gasteiger partial charge >= 0.3 is 0 Å². The van der Waals surface area contributed by atoms with Gasteiger partial charge < -0.3 is 15.0 Å². The van der Waals surface area contributed by atoms with Crippen LogP contribution in [-0.2, 0) is 4.74 Å². The predicted molar refractivity (Wildman–Crippen MR) is 78.5 cm³/mol. The topological polar surface area (TPSA) is 56.3 Å². The van der Waals surface area contributed by atoms with Crippen LogP contribution in [0, 0.1) is 0 Å². The van der Waals surface area contributed by atoms with Crippen molar-refractivity contribution in [2.75, 3.05) is 26.2 Å². The average Bonchev–Trinajstić information content (AvgIpc) is 2.99. The lowest BCUT2D eigenvalue weighted by molar-refractivity contribution is 0.0588. The summed E-state index contributed by atoms with van der Waals surface area (Å²) in [7, 11) is 0. The predicted octanol–water partition coefficient (Wildman–Crippen LogP) is 1.72. The third kappa shape index (κ3) is 2.90. The Morgan fingerprint density at radius 2 is 2.35 bits per heavy atom. The molecule has 0 bridgehead atoms. The third-order valence-electron chi connectivity index (χ3n) is 4.51. The highest BCUT2D eigenvalue weighted by Crippen LogP contribution is 2.37. The van der Waals surface area contributed by atoms with E-state index < -0.39 is 0 Å². The first-order valence-corrected chi connectivity index (χ1v) is 7.91. The molecule has 1 saturated carbocycles. The van der Waals surface area contributed by atoms with Crippen molar-refractivity contribution in [3.05, 3.63) is 18.2 Å². The monoisotopic (exact) mass is 278 g/mol. The van der Waals surface area contributed by atoms with Crippen LogP contribution in [-0.4, -0.2) is 46.8 Å². The van der Waals surface area contributed by atoms with E-state index >= 15 is 0 Å². The van der Waals surface area contributed by atoms with Crippen LogP contribution in [0.25, 0.3) is 0 Å². The van der Waals surface area contributed by atoms with E-state index in [2.05, 4.69) is 21.4 Å². The highest BCUT2D eigenvalue weighted by Gasteiger charge is 2.30. The van der Waals surface area contributed by atoms with E-state index in [0.29, 0.717) is 18.7 Å². The maximum atomic E-state index is 6.08. The van der Waals surface area contributed by atoms with Crippen LogP contribution in [0.5, 0.6) is 0 Å². The van der Waals surface area contributed by atoms with Crippen molar-refractivity contribution in [2.24, 2.45) is 5.73 Å². The summed E-state index contributed by atoms with van der Waals surface area (Å²) in [6, 6.07) is 0.912. The number of hydrogen-bond acceptors (Lipinski definition) is 4. The van der Waals surface area contributed by atoms with Crippen molar-refractivity contribution < 1.29 is 4.74 Å². The van der Waals surface area contributed by atoms with Crippen LogP contribution in [0.4, 0.5) is 0 Å². The summed E-state index contributed by atoms with van der Waals surface area (Å²) in [5, 5.41) is 0. The second-order valence-electron chi connectivity index (χ2n) is 5.93. The van der Waals surface area contributed by atoms with Crippen molar-refractivity contribution in [3.8, 4) is 0 Å². The van der Waals surface area contributed by atoms with Gasteiger partial charge in [0.2, 0.25) is 0 Å². The molecule has 112 valence electrons.